The Balaban J connectivity index is 0.00000264. The largest absolute Gasteiger partial charge is 1.00 e. The minimum absolute atomic E-state index is 0. The number of carboxylic acid groups (broad SMARTS) is 1. The van der Waals surface area contributed by atoms with Crippen LogP contribution >= 0.6 is 0 Å². The van der Waals surface area contributed by atoms with Crippen molar-refractivity contribution in [2.75, 3.05) is 6.61 Å². The summed E-state index contributed by atoms with van der Waals surface area (Å²) in [6.45, 7) is -0.579. The quantitative estimate of drug-likeness (QED) is 0.311. The maximum atomic E-state index is 11.8. The number of nitrogens with one attached hydrogen (secondary N) is 1. The van der Waals surface area contributed by atoms with Crippen molar-refractivity contribution in [1.29, 1.82) is 0 Å². The van der Waals surface area contributed by atoms with Crippen molar-refractivity contribution in [2.24, 2.45) is 0 Å². The van der Waals surface area contributed by atoms with Crippen LogP contribution in [0.1, 0.15) is 11.8 Å². The van der Waals surface area contributed by atoms with E-state index in [4.69, 9.17) is 9.84 Å². The van der Waals surface area contributed by atoms with Gasteiger partial charge in [0, 0.05) is 6.20 Å². The van der Waals surface area contributed by atoms with Gasteiger partial charge in [0.25, 0.3) is 5.56 Å². The Morgan fingerprint density at radius 1 is 1.39 bits per heavy atom. The second-order valence-corrected chi connectivity index (χ2v) is 4.63. The molecule has 1 aliphatic rings. The van der Waals surface area contributed by atoms with Crippen molar-refractivity contribution in [3.63, 3.8) is 0 Å². The van der Waals surface area contributed by atoms with Crippen LogP contribution in [0.15, 0.2) is 21.9 Å². The molecule has 10 nitrogen and oxygen atoms in total. The molecule has 0 aliphatic carbocycles. The molecule has 1 saturated heterocycles. The summed E-state index contributed by atoms with van der Waals surface area (Å²) in [6, 6.07) is 0. The van der Waals surface area contributed by atoms with Crippen LogP contribution in [-0.2, 0) is 9.53 Å². The zero-order chi connectivity index (χ0) is 16.4. The van der Waals surface area contributed by atoms with Crippen LogP contribution in [0.2, 0.25) is 0 Å². The van der Waals surface area contributed by atoms with Gasteiger partial charge in [-0.2, -0.15) is 0 Å². The first kappa shape index (κ1) is 19.8. The number of carbonyl (C=O) groups is 1. The number of aromatic amines is 1. The van der Waals surface area contributed by atoms with Crippen LogP contribution in [0.25, 0.3) is 6.08 Å². The first-order valence-electron chi connectivity index (χ1n) is 6.22. The molecule has 1 aromatic heterocycles. The van der Waals surface area contributed by atoms with Gasteiger partial charge in [-0.05, 0) is 12.2 Å². The molecule has 11 heteroatoms. The SMILES string of the molecule is O=C([O-])/C=C/c1cn([C@@H]2O[C@H](CO)[C@@H](O)[C@@H]2O)c(=O)[nH]c1=O.[Na+]. The van der Waals surface area contributed by atoms with E-state index in [1.807, 2.05) is 4.98 Å². The molecule has 4 atom stereocenters. The van der Waals surface area contributed by atoms with Gasteiger partial charge in [-0.25, -0.2) is 4.79 Å². The van der Waals surface area contributed by atoms with Crippen LogP contribution in [0.3, 0.4) is 0 Å². The van der Waals surface area contributed by atoms with E-state index in [2.05, 4.69) is 0 Å². The molecule has 2 rings (SSSR count). The summed E-state index contributed by atoms with van der Waals surface area (Å²) < 4.78 is 5.95. The Labute approximate surface area is 150 Å². The Bertz CT molecular complexity index is 712. The summed E-state index contributed by atoms with van der Waals surface area (Å²) in [5, 5.41) is 38.9. The summed E-state index contributed by atoms with van der Waals surface area (Å²) in [6.07, 6.45) is -2.90. The molecule has 0 aromatic carbocycles. The van der Waals surface area contributed by atoms with E-state index in [1.165, 1.54) is 0 Å². The molecule has 2 heterocycles. The van der Waals surface area contributed by atoms with Crippen molar-refractivity contribution in [1.82, 2.24) is 9.55 Å². The second kappa shape index (κ2) is 8.02. The smallest absolute Gasteiger partial charge is 0.545 e. The number of aliphatic carboxylic acids is 1. The zero-order valence-electron chi connectivity index (χ0n) is 12.1. The summed E-state index contributed by atoms with van der Waals surface area (Å²) in [7, 11) is 0. The number of carboxylic acids is 1. The molecule has 1 fully saturated rings. The third-order valence-corrected chi connectivity index (χ3v) is 3.19. The van der Waals surface area contributed by atoms with Gasteiger partial charge in [0.2, 0.25) is 0 Å². The van der Waals surface area contributed by atoms with E-state index in [0.717, 1.165) is 16.8 Å². The average Bonchev–Trinajstić information content (AvgIpc) is 2.74. The maximum absolute atomic E-state index is 11.8. The van der Waals surface area contributed by atoms with Gasteiger partial charge in [-0.3, -0.25) is 14.3 Å². The number of nitrogens with zero attached hydrogens (tertiary/aromatic N) is 1. The topological polar surface area (TPSA) is 165 Å². The molecule has 0 unspecified atom stereocenters. The fraction of sp³-hybridized carbons (Fsp3) is 0.417. The van der Waals surface area contributed by atoms with E-state index in [9.17, 15) is 29.7 Å². The summed E-state index contributed by atoms with van der Waals surface area (Å²) >= 11 is 0. The minimum atomic E-state index is -1.54. The van der Waals surface area contributed by atoms with Crippen molar-refractivity contribution in [3.05, 3.63) is 38.7 Å². The number of rotatable bonds is 4. The van der Waals surface area contributed by atoms with Gasteiger partial charge in [0.15, 0.2) is 6.23 Å². The second-order valence-electron chi connectivity index (χ2n) is 4.63. The fourth-order valence-electron chi connectivity index (χ4n) is 2.08. The van der Waals surface area contributed by atoms with Crippen LogP contribution in [0, 0.1) is 0 Å². The van der Waals surface area contributed by atoms with E-state index in [-0.39, 0.29) is 35.1 Å². The molecule has 1 aromatic rings. The zero-order valence-corrected chi connectivity index (χ0v) is 14.1. The van der Waals surface area contributed by atoms with E-state index >= 15 is 0 Å². The Morgan fingerprint density at radius 2 is 2.04 bits per heavy atom. The van der Waals surface area contributed by atoms with Crippen LogP contribution < -0.4 is 45.9 Å². The predicted octanol–water partition coefficient (Wildman–Crippen LogP) is -7.08. The molecule has 0 saturated carbocycles. The number of aliphatic hydroxyl groups excluding tert-OH is 3. The number of aliphatic hydroxyl groups is 3. The summed E-state index contributed by atoms with van der Waals surface area (Å²) in [5.74, 6) is -1.54. The van der Waals surface area contributed by atoms with E-state index < -0.39 is 48.4 Å². The van der Waals surface area contributed by atoms with Gasteiger partial charge in [0.1, 0.15) is 18.3 Å². The van der Waals surface area contributed by atoms with Crippen molar-refractivity contribution in [3.8, 4) is 0 Å². The van der Waals surface area contributed by atoms with Crippen LogP contribution in [0.4, 0.5) is 0 Å². The normalized spacial score (nSPS) is 27.1. The number of aromatic nitrogens is 2. The molecule has 1 aliphatic heterocycles. The van der Waals surface area contributed by atoms with Crippen LogP contribution in [0.5, 0.6) is 0 Å². The summed E-state index contributed by atoms with van der Waals surface area (Å²) in [5.41, 5.74) is -1.96. The van der Waals surface area contributed by atoms with E-state index in [0.29, 0.717) is 6.08 Å². The molecule has 4 N–H and O–H groups in total. The first-order valence-corrected chi connectivity index (χ1v) is 6.22. The van der Waals surface area contributed by atoms with Gasteiger partial charge in [-0.1, -0.05) is 0 Å². The predicted molar refractivity (Wildman–Crippen MR) is 68.4 cm³/mol. The van der Waals surface area contributed by atoms with Gasteiger partial charge in [0.05, 0.1) is 18.1 Å². The minimum Gasteiger partial charge on any atom is -0.545 e. The molecule has 0 amide bonds. The number of carbonyl (C=O) groups excluding carboxylic acids is 1. The van der Waals surface area contributed by atoms with Crippen molar-refractivity contribution >= 4 is 12.0 Å². The van der Waals surface area contributed by atoms with E-state index in [1.54, 1.807) is 0 Å². The number of hydrogen-bond acceptors (Lipinski definition) is 8. The average molecular weight is 336 g/mol. The first-order chi connectivity index (χ1) is 10.3. The Kier molecular flexibility index (Phi) is 6.89. The molecular formula is C12H13N2NaO8. The van der Waals surface area contributed by atoms with Gasteiger partial charge < -0.3 is 30.0 Å². The standard InChI is InChI=1S/C12H14N2O8.Na/c15-4-6-8(18)9(19)11(22-6)14-3-5(1-2-7(16)17)10(20)13-12(14)21;/h1-3,6,8-9,11,15,18-19H,4H2,(H,16,17)(H,13,20,21);/q;+1/p-1/b2-1+;/t6-,8-,9+,11-;/m1./s1. The van der Waals surface area contributed by atoms with Crippen molar-refractivity contribution in [2.45, 2.75) is 24.5 Å². The number of ether oxygens (including phenoxy) is 1. The molecular weight excluding hydrogens is 323 g/mol. The monoisotopic (exact) mass is 336 g/mol. The number of H-pyrrole nitrogens is 1. The Morgan fingerprint density at radius 3 is 2.57 bits per heavy atom. The summed E-state index contributed by atoms with van der Waals surface area (Å²) in [4.78, 5) is 35.6. The third-order valence-electron chi connectivity index (χ3n) is 3.19. The molecule has 0 bridgehead atoms. The van der Waals surface area contributed by atoms with Crippen molar-refractivity contribution < 1.29 is 59.5 Å². The third kappa shape index (κ3) is 4.18. The molecule has 0 radical (unpaired) electrons. The maximum Gasteiger partial charge on any atom is 1.00 e. The van der Waals surface area contributed by atoms with Gasteiger partial charge >= 0.3 is 35.2 Å². The molecule has 23 heavy (non-hydrogen) atoms. The fourth-order valence-corrected chi connectivity index (χ4v) is 2.08. The number of hydrogen-bond donors (Lipinski definition) is 4. The molecule has 0 spiro atoms. The van der Waals surface area contributed by atoms with Crippen LogP contribution in [-0.4, -0.2) is 55.8 Å². The van der Waals surface area contributed by atoms with Gasteiger partial charge in [-0.15, -0.1) is 0 Å². The Hall–Kier alpha value is -1.27. The molecule has 120 valence electrons.